The van der Waals surface area contributed by atoms with Crippen LogP contribution in [0.2, 0.25) is 0 Å². The van der Waals surface area contributed by atoms with Crippen molar-refractivity contribution in [3.8, 4) is 23.0 Å². The second-order valence-corrected chi connectivity index (χ2v) is 10.8. The number of phenolic OH excluding ortho intramolecular Hbond substituents is 4. The van der Waals surface area contributed by atoms with Gasteiger partial charge in [0.15, 0.2) is 0 Å². The van der Waals surface area contributed by atoms with Crippen molar-refractivity contribution in [1.29, 1.82) is 0 Å². The molecular formula is C30H40O7. The van der Waals surface area contributed by atoms with Gasteiger partial charge in [-0.05, 0) is 81.2 Å². The van der Waals surface area contributed by atoms with Crippen LogP contribution in [0.25, 0.3) is 18.2 Å². The third-order valence-electron chi connectivity index (χ3n) is 6.35. The van der Waals surface area contributed by atoms with Gasteiger partial charge in [-0.1, -0.05) is 44.6 Å². The molecular weight excluding hydrogens is 472 g/mol. The number of allylic oxidation sites excluding steroid dienone is 1. The maximum Gasteiger partial charge on any atom is 0.293 e. The van der Waals surface area contributed by atoms with Crippen LogP contribution in [0.3, 0.4) is 0 Å². The molecule has 0 aliphatic rings. The Morgan fingerprint density at radius 3 is 1.95 bits per heavy atom. The molecule has 0 heterocycles. The fraction of sp³-hybridized carbons (Fsp3) is 0.433. The predicted molar refractivity (Wildman–Crippen MR) is 146 cm³/mol. The molecule has 0 atom stereocenters. The van der Waals surface area contributed by atoms with Crippen molar-refractivity contribution in [3.63, 3.8) is 0 Å². The first-order valence-corrected chi connectivity index (χ1v) is 12.6. The quantitative estimate of drug-likeness (QED) is 0.0888. The molecule has 37 heavy (non-hydrogen) atoms. The molecule has 2 aromatic carbocycles. The van der Waals surface area contributed by atoms with E-state index >= 15 is 0 Å². The molecule has 0 amide bonds. The second-order valence-electron chi connectivity index (χ2n) is 10.8. The average molecular weight is 513 g/mol. The van der Waals surface area contributed by atoms with Gasteiger partial charge in [0, 0.05) is 23.3 Å². The van der Waals surface area contributed by atoms with Gasteiger partial charge in [0.25, 0.3) is 6.47 Å². The Labute approximate surface area is 219 Å². The van der Waals surface area contributed by atoms with Crippen LogP contribution in [-0.2, 0) is 16.0 Å². The number of hydrogen-bond acceptors (Lipinski definition) is 7. The third-order valence-corrected chi connectivity index (χ3v) is 6.35. The number of unbranched alkanes of at least 4 members (excludes halogenated alkanes) is 1. The van der Waals surface area contributed by atoms with Gasteiger partial charge in [0.05, 0.1) is 0 Å². The van der Waals surface area contributed by atoms with Crippen molar-refractivity contribution in [3.05, 3.63) is 52.6 Å². The first-order valence-electron chi connectivity index (χ1n) is 12.6. The van der Waals surface area contributed by atoms with E-state index in [2.05, 4.69) is 0 Å². The Balaban J connectivity index is 2.17. The number of aryl methyl sites for hydroxylation is 1. The fourth-order valence-corrected chi connectivity index (χ4v) is 3.95. The Morgan fingerprint density at radius 1 is 0.784 bits per heavy atom. The topological polar surface area (TPSA) is 127 Å². The second kappa shape index (κ2) is 13.2. The van der Waals surface area contributed by atoms with Gasteiger partial charge in [-0.15, -0.1) is 0 Å². The maximum atomic E-state index is 10.8. The highest BCUT2D eigenvalue weighted by Crippen LogP contribution is 2.34. The molecule has 7 heteroatoms. The number of aromatic hydroxyl groups is 4. The van der Waals surface area contributed by atoms with E-state index in [0.29, 0.717) is 48.0 Å². The van der Waals surface area contributed by atoms with E-state index in [4.69, 9.17) is 4.74 Å². The van der Waals surface area contributed by atoms with Gasteiger partial charge < -0.3 is 30.3 Å². The Kier molecular flexibility index (Phi) is 10.6. The van der Waals surface area contributed by atoms with Crippen molar-refractivity contribution in [2.24, 2.45) is 5.41 Å². The van der Waals surface area contributed by atoms with Crippen LogP contribution in [0.5, 0.6) is 23.0 Å². The summed E-state index contributed by atoms with van der Waals surface area (Å²) in [6, 6.07) is 5.83. The molecule has 2 aromatic rings. The number of ether oxygens (including phenoxy) is 1. The maximum absolute atomic E-state index is 10.8. The minimum Gasteiger partial charge on any atom is -0.508 e. The summed E-state index contributed by atoms with van der Waals surface area (Å²) in [7, 11) is 0. The van der Waals surface area contributed by atoms with Gasteiger partial charge in [-0.2, -0.15) is 0 Å². The van der Waals surface area contributed by atoms with Crippen LogP contribution in [0, 0.1) is 5.41 Å². The van der Waals surface area contributed by atoms with Gasteiger partial charge in [0.1, 0.15) is 28.6 Å². The van der Waals surface area contributed by atoms with Crippen LogP contribution in [0.15, 0.2) is 30.3 Å². The molecule has 0 bridgehead atoms. The summed E-state index contributed by atoms with van der Waals surface area (Å²) in [5, 5.41) is 51.3. The van der Waals surface area contributed by atoms with Gasteiger partial charge in [-0.25, -0.2) is 0 Å². The SMILES string of the molecule is CC(C)(CO)CCCCc1cc(O)cc(/C=C\c2cc(O)cc(/C=C/CCC(C)(C)OC=O)c2O)c1O. The molecule has 0 fully saturated rings. The van der Waals surface area contributed by atoms with Crippen molar-refractivity contribution in [1.82, 2.24) is 0 Å². The molecule has 0 aliphatic heterocycles. The van der Waals surface area contributed by atoms with Crippen LogP contribution in [-0.4, -0.2) is 44.2 Å². The molecule has 0 saturated heterocycles. The van der Waals surface area contributed by atoms with E-state index in [1.807, 2.05) is 33.8 Å². The summed E-state index contributed by atoms with van der Waals surface area (Å²) in [6.45, 7) is 8.18. The molecule has 0 unspecified atom stereocenters. The number of aliphatic hydroxyl groups is 1. The van der Waals surface area contributed by atoms with E-state index < -0.39 is 5.60 Å². The smallest absolute Gasteiger partial charge is 0.293 e. The average Bonchev–Trinajstić information content (AvgIpc) is 2.82. The summed E-state index contributed by atoms with van der Waals surface area (Å²) in [5.41, 5.74) is 1.03. The Bertz CT molecular complexity index is 1110. The molecule has 0 spiro atoms. The molecule has 7 nitrogen and oxygen atoms in total. The third kappa shape index (κ3) is 9.50. The van der Waals surface area contributed by atoms with Crippen LogP contribution < -0.4 is 0 Å². The van der Waals surface area contributed by atoms with Crippen molar-refractivity contribution in [2.45, 2.75) is 71.8 Å². The van der Waals surface area contributed by atoms with Crippen molar-refractivity contribution < 1.29 is 35.1 Å². The lowest BCUT2D eigenvalue weighted by atomic mass is 9.87. The zero-order chi connectivity index (χ0) is 27.6. The van der Waals surface area contributed by atoms with Crippen LogP contribution in [0.4, 0.5) is 0 Å². The lowest BCUT2D eigenvalue weighted by Crippen LogP contribution is -2.23. The molecule has 2 rings (SSSR count). The largest absolute Gasteiger partial charge is 0.508 e. The number of phenols is 4. The monoisotopic (exact) mass is 512 g/mol. The zero-order valence-corrected chi connectivity index (χ0v) is 22.2. The Hall–Kier alpha value is -3.45. The number of hydrogen-bond donors (Lipinski definition) is 5. The van der Waals surface area contributed by atoms with Crippen molar-refractivity contribution >= 4 is 24.7 Å². The minimum atomic E-state index is -0.598. The van der Waals surface area contributed by atoms with Gasteiger partial charge >= 0.3 is 0 Å². The highest BCUT2D eigenvalue weighted by molar-refractivity contribution is 5.79. The number of carbonyl (C=O) groups is 1. The number of aliphatic hydroxyl groups excluding tert-OH is 1. The van der Waals surface area contributed by atoms with E-state index in [-0.39, 0.29) is 35.0 Å². The molecule has 202 valence electrons. The van der Waals surface area contributed by atoms with Crippen molar-refractivity contribution in [2.75, 3.05) is 6.61 Å². The summed E-state index contributed by atoms with van der Waals surface area (Å²) in [6.07, 6.45) is 10.9. The summed E-state index contributed by atoms with van der Waals surface area (Å²) in [5.74, 6) is -0.00262. The lowest BCUT2D eigenvalue weighted by molar-refractivity contribution is -0.140. The molecule has 5 N–H and O–H groups in total. The molecule has 0 aliphatic carbocycles. The van der Waals surface area contributed by atoms with E-state index in [1.165, 1.54) is 18.2 Å². The van der Waals surface area contributed by atoms with E-state index in [1.54, 1.807) is 24.3 Å². The fourth-order valence-electron chi connectivity index (χ4n) is 3.95. The van der Waals surface area contributed by atoms with Crippen LogP contribution >= 0.6 is 0 Å². The number of carbonyl (C=O) groups excluding carboxylic acids is 1. The van der Waals surface area contributed by atoms with Gasteiger partial charge in [0.2, 0.25) is 0 Å². The van der Waals surface area contributed by atoms with E-state index in [0.717, 1.165) is 19.3 Å². The highest BCUT2D eigenvalue weighted by atomic mass is 16.5. The molecule has 0 radical (unpaired) electrons. The summed E-state index contributed by atoms with van der Waals surface area (Å²) >= 11 is 0. The summed E-state index contributed by atoms with van der Waals surface area (Å²) < 4.78 is 5.03. The molecule has 0 aromatic heterocycles. The highest BCUT2D eigenvalue weighted by Gasteiger charge is 2.17. The number of rotatable bonds is 14. The Morgan fingerprint density at radius 2 is 1.35 bits per heavy atom. The predicted octanol–water partition coefficient (Wildman–Crippen LogP) is 6.16. The first-order chi connectivity index (χ1) is 17.4. The van der Waals surface area contributed by atoms with Crippen LogP contribution in [0.1, 0.15) is 82.1 Å². The normalized spacial score (nSPS) is 12.5. The number of benzene rings is 2. The zero-order valence-electron chi connectivity index (χ0n) is 22.2. The summed E-state index contributed by atoms with van der Waals surface area (Å²) in [4.78, 5) is 10.6. The lowest BCUT2D eigenvalue weighted by Gasteiger charge is -2.21. The van der Waals surface area contributed by atoms with E-state index in [9.17, 15) is 30.3 Å². The first kappa shape index (κ1) is 29.8. The minimum absolute atomic E-state index is 0.0216. The van der Waals surface area contributed by atoms with Gasteiger partial charge in [-0.3, -0.25) is 4.79 Å². The molecule has 0 saturated carbocycles. The standard InChI is InChI=1S/C30H40O7/c1-29(2,19-31)13-7-5-9-21-15-25(33)17-23(27(21)35)11-12-24-18-26(34)16-22(28(24)36)10-6-8-14-30(3,4)37-20-32/h6,10-12,15-18,20,31,33-36H,5,7-9,13-14,19H2,1-4H3/b10-6+,12-11-.